The van der Waals surface area contributed by atoms with Gasteiger partial charge in [-0.3, -0.25) is 9.78 Å². The minimum absolute atomic E-state index is 0.113. The first-order chi connectivity index (χ1) is 10.8. The molecular weight excluding hydrogens is 274 g/mol. The average molecular weight is 287 g/mol. The number of carbonyl (C=O) groups is 1. The Balaban J connectivity index is 1.74. The molecule has 4 nitrogen and oxygen atoms in total. The van der Waals surface area contributed by atoms with E-state index in [2.05, 4.69) is 15.0 Å². The van der Waals surface area contributed by atoms with E-state index >= 15 is 0 Å². The zero-order chi connectivity index (χ0) is 14.9. The van der Waals surface area contributed by atoms with Crippen molar-refractivity contribution in [3.63, 3.8) is 0 Å². The van der Waals surface area contributed by atoms with Crippen molar-refractivity contribution >= 4 is 27.7 Å². The van der Waals surface area contributed by atoms with E-state index in [0.29, 0.717) is 6.42 Å². The predicted octanol–water partition coefficient (Wildman–Crippen LogP) is 3.54. The van der Waals surface area contributed by atoms with Crippen molar-refractivity contribution in [1.82, 2.24) is 15.0 Å². The number of imidazole rings is 1. The highest BCUT2D eigenvalue weighted by Crippen LogP contribution is 2.22. The molecule has 0 saturated carbocycles. The molecule has 22 heavy (non-hydrogen) atoms. The van der Waals surface area contributed by atoms with Gasteiger partial charge in [-0.2, -0.15) is 0 Å². The zero-order valence-corrected chi connectivity index (χ0v) is 11.8. The van der Waals surface area contributed by atoms with E-state index in [0.717, 1.165) is 33.1 Å². The molecule has 4 rings (SSSR count). The Morgan fingerprint density at radius 3 is 2.77 bits per heavy atom. The molecule has 0 spiro atoms. The Kier molecular flexibility index (Phi) is 2.93. The van der Waals surface area contributed by atoms with Gasteiger partial charge in [0, 0.05) is 17.4 Å². The van der Waals surface area contributed by atoms with Crippen molar-refractivity contribution in [2.24, 2.45) is 0 Å². The first-order valence-corrected chi connectivity index (χ1v) is 7.10. The summed E-state index contributed by atoms with van der Waals surface area (Å²) in [7, 11) is 0. The van der Waals surface area contributed by atoms with Gasteiger partial charge >= 0.3 is 0 Å². The summed E-state index contributed by atoms with van der Waals surface area (Å²) in [6, 6.07) is 15.3. The van der Waals surface area contributed by atoms with Gasteiger partial charge in [0.25, 0.3) is 0 Å². The van der Waals surface area contributed by atoms with Crippen LogP contribution >= 0.6 is 0 Å². The third-order valence-corrected chi connectivity index (χ3v) is 3.78. The molecule has 0 aliphatic heterocycles. The molecule has 0 aliphatic rings. The van der Waals surface area contributed by atoms with E-state index in [4.69, 9.17) is 0 Å². The molecule has 0 aliphatic carbocycles. The SMILES string of the molecule is O=C(Cc1ccc2ncc3[nH]cnc3c2c1)c1ccccc1. The van der Waals surface area contributed by atoms with Crippen molar-refractivity contribution in [3.8, 4) is 0 Å². The van der Waals surface area contributed by atoms with Crippen LogP contribution in [0.1, 0.15) is 15.9 Å². The van der Waals surface area contributed by atoms with E-state index in [1.165, 1.54) is 0 Å². The number of H-pyrrole nitrogens is 1. The number of carbonyl (C=O) groups excluding carboxylic acids is 1. The quantitative estimate of drug-likeness (QED) is 0.586. The lowest BCUT2D eigenvalue weighted by Crippen LogP contribution is -2.03. The zero-order valence-electron chi connectivity index (χ0n) is 11.8. The molecule has 1 N–H and O–H groups in total. The number of hydrogen-bond acceptors (Lipinski definition) is 3. The highest BCUT2D eigenvalue weighted by Gasteiger charge is 2.09. The molecule has 0 amide bonds. The van der Waals surface area contributed by atoms with E-state index in [1.54, 1.807) is 12.5 Å². The number of hydrogen-bond donors (Lipinski definition) is 1. The number of Topliss-reactive ketones (excluding diaryl/α,β-unsaturated/α-hetero) is 1. The molecule has 0 radical (unpaired) electrons. The Labute approximate surface area is 126 Å². The average Bonchev–Trinajstić information content (AvgIpc) is 3.05. The van der Waals surface area contributed by atoms with Gasteiger partial charge in [-0.25, -0.2) is 4.98 Å². The minimum atomic E-state index is 0.113. The lowest BCUT2D eigenvalue weighted by Gasteiger charge is -2.04. The fraction of sp³-hybridized carbons (Fsp3) is 0.0556. The second-order valence-electron chi connectivity index (χ2n) is 5.24. The van der Waals surface area contributed by atoms with Crippen LogP contribution in [0.5, 0.6) is 0 Å². The maximum absolute atomic E-state index is 12.3. The summed E-state index contributed by atoms with van der Waals surface area (Å²) >= 11 is 0. The molecular formula is C18H13N3O. The van der Waals surface area contributed by atoms with Crippen molar-refractivity contribution in [3.05, 3.63) is 72.2 Å². The summed E-state index contributed by atoms with van der Waals surface area (Å²) in [5.74, 6) is 0.113. The summed E-state index contributed by atoms with van der Waals surface area (Å²) < 4.78 is 0. The Morgan fingerprint density at radius 1 is 1.05 bits per heavy atom. The number of pyridine rings is 1. The number of aromatic nitrogens is 3. The fourth-order valence-electron chi connectivity index (χ4n) is 2.66. The number of rotatable bonds is 3. The van der Waals surface area contributed by atoms with E-state index in [1.807, 2.05) is 48.5 Å². The summed E-state index contributed by atoms with van der Waals surface area (Å²) in [6.07, 6.45) is 3.81. The van der Waals surface area contributed by atoms with E-state index in [9.17, 15) is 4.79 Å². The molecule has 2 heterocycles. The van der Waals surface area contributed by atoms with Crippen LogP contribution in [-0.2, 0) is 6.42 Å². The lowest BCUT2D eigenvalue weighted by atomic mass is 10.0. The van der Waals surface area contributed by atoms with Gasteiger partial charge in [0.15, 0.2) is 5.78 Å². The summed E-state index contributed by atoms with van der Waals surface area (Å²) in [4.78, 5) is 24.1. The van der Waals surface area contributed by atoms with Gasteiger partial charge in [0.05, 0.1) is 29.1 Å². The van der Waals surface area contributed by atoms with Crippen LogP contribution < -0.4 is 0 Å². The predicted molar refractivity (Wildman–Crippen MR) is 85.9 cm³/mol. The van der Waals surface area contributed by atoms with Crippen molar-refractivity contribution in [1.29, 1.82) is 0 Å². The molecule has 0 bridgehead atoms. The maximum atomic E-state index is 12.3. The van der Waals surface area contributed by atoms with Crippen LogP contribution in [0, 0.1) is 0 Å². The molecule has 106 valence electrons. The van der Waals surface area contributed by atoms with Crippen molar-refractivity contribution < 1.29 is 4.79 Å². The fourth-order valence-corrected chi connectivity index (χ4v) is 2.66. The number of nitrogens with zero attached hydrogens (tertiary/aromatic N) is 2. The number of ketones is 1. The van der Waals surface area contributed by atoms with Crippen LogP contribution in [0.25, 0.3) is 21.9 Å². The van der Waals surface area contributed by atoms with Gasteiger partial charge in [-0.15, -0.1) is 0 Å². The molecule has 2 aromatic heterocycles. The highest BCUT2D eigenvalue weighted by molar-refractivity contribution is 6.03. The van der Waals surface area contributed by atoms with Crippen LogP contribution in [0.2, 0.25) is 0 Å². The largest absolute Gasteiger partial charge is 0.343 e. The Hall–Kier alpha value is -3.01. The first-order valence-electron chi connectivity index (χ1n) is 7.10. The second-order valence-corrected chi connectivity index (χ2v) is 5.24. The minimum Gasteiger partial charge on any atom is -0.343 e. The standard InChI is InChI=1S/C18H13N3O/c22-17(13-4-2-1-3-5-13)9-12-6-7-15-14(8-12)18-16(10-19-15)20-11-21-18/h1-8,10-11H,9H2,(H,20,21). The van der Waals surface area contributed by atoms with Crippen molar-refractivity contribution in [2.75, 3.05) is 0 Å². The van der Waals surface area contributed by atoms with Gasteiger partial charge in [-0.1, -0.05) is 36.4 Å². The normalized spacial score (nSPS) is 11.1. The Bertz CT molecular complexity index is 973. The van der Waals surface area contributed by atoms with Gasteiger partial charge in [0.1, 0.15) is 0 Å². The first kappa shape index (κ1) is 12.7. The molecule has 2 aromatic carbocycles. The molecule has 0 atom stereocenters. The molecule has 4 heteroatoms. The van der Waals surface area contributed by atoms with Crippen LogP contribution in [-0.4, -0.2) is 20.7 Å². The summed E-state index contributed by atoms with van der Waals surface area (Å²) in [5, 5.41) is 0.970. The summed E-state index contributed by atoms with van der Waals surface area (Å²) in [5.41, 5.74) is 4.38. The van der Waals surface area contributed by atoms with Crippen molar-refractivity contribution in [2.45, 2.75) is 6.42 Å². The van der Waals surface area contributed by atoms with Gasteiger partial charge < -0.3 is 4.98 Å². The van der Waals surface area contributed by atoms with Gasteiger partial charge in [0.2, 0.25) is 0 Å². The molecule has 4 aromatic rings. The number of aromatic amines is 1. The van der Waals surface area contributed by atoms with E-state index in [-0.39, 0.29) is 5.78 Å². The second kappa shape index (κ2) is 5.07. The van der Waals surface area contributed by atoms with Crippen LogP contribution in [0.4, 0.5) is 0 Å². The number of fused-ring (bicyclic) bond motifs is 3. The maximum Gasteiger partial charge on any atom is 0.167 e. The topological polar surface area (TPSA) is 58.6 Å². The summed E-state index contributed by atoms with van der Waals surface area (Å²) in [6.45, 7) is 0. The molecule has 0 saturated heterocycles. The highest BCUT2D eigenvalue weighted by atomic mass is 16.1. The Morgan fingerprint density at radius 2 is 1.91 bits per heavy atom. The molecule has 0 fully saturated rings. The molecule has 0 unspecified atom stereocenters. The number of benzene rings is 2. The number of nitrogens with one attached hydrogen (secondary N) is 1. The smallest absolute Gasteiger partial charge is 0.167 e. The third-order valence-electron chi connectivity index (χ3n) is 3.78. The van der Waals surface area contributed by atoms with Crippen LogP contribution in [0.3, 0.4) is 0 Å². The monoisotopic (exact) mass is 287 g/mol. The lowest BCUT2D eigenvalue weighted by molar-refractivity contribution is 0.0993. The van der Waals surface area contributed by atoms with E-state index < -0.39 is 0 Å². The third kappa shape index (κ3) is 2.15. The van der Waals surface area contributed by atoms with Crippen LogP contribution in [0.15, 0.2) is 61.1 Å². The van der Waals surface area contributed by atoms with Gasteiger partial charge in [-0.05, 0) is 17.7 Å².